The van der Waals surface area contributed by atoms with E-state index in [1.807, 2.05) is 29.9 Å². The lowest BCUT2D eigenvalue weighted by molar-refractivity contribution is 0.215. The van der Waals surface area contributed by atoms with Gasteiger partial charge in [-0.1, -0.05) is 23.7 Å². The van der Waals surface area contributed by atoms with E-state index in [-0.39, 0.29) is 0 Å². The van der Waals surface area contributed by atoms with E-state index in [0.29, 0.717) is 6.04 Å². The van der Waals surface area contributed by atoms with E-state index in [1.54, 1.807) is 0 Å². The highest BCUT2D eigenvalue weighted by molar-refractivity contribution is 6.30. The highest BCUT2D eigenvalue weighted by Gasteiger charge is 2.22. The van der Waals surface area contributed by atoms with Gasteiger partial charge in [-0.3, -0.25) is 4.68 Å². The molecular weight excluding hydrogens is 308 g/mol. The van der Waals surface area contributed by atoms with Crippen molar-refractivity contribution < 1.29 is 0 Å². The number of likely N-dealkylation sites (tertiary alicyclic amines) is 1. The van der Waals surface area contributed by atoms with Crippen molar-refractivity contribution in [3.05, 3.63) is 41.0 Å². The van der Waals surface area contributed by atoms with Crippen molar-refractivity contribution >= 4 is 11.6 Å². The van der Waals surface area contributed by atoms with Gasteiger partial charge < -0.3 is 9.80 Å². The van der Waals surface area contributed by atoms with Gasteiger partial charge in [-0.05, 0) is 45.6 Å². The van der Waals surface area contributed by atoms with Crippen LogP contribution in [-0.2, 0) is 13.6 Å². The molecule has 0 saturated carbocycles. The zero-order valence-electron chi connectivity index (χ0n) is 14.2. The molecule has 1 aliphatic heterocycles. The number of aryl methyl sites for hydroxylation is 1. The Morgan fingerprint density at radius 1 is 1.35 bits per heavy atom. The van der Waals surface area contributed by atoms with Crippen LogP contribution in [0.5, 0.6) is 0 Å². The summed E-state index contributed by atoms with van der Waals surface area (Å²) in [4.78, 5) is 4.87. The molecule has 1 saturated heterocycles. The SMILES string of the molecule is CN(Cc1cn(C)nc1-c1cccc(Cl)c1)CC1CCCN1C. The third kappa shape index (κ3) is 3.94. The number of rotatable bonds is 5. The minimum atomic E-state index is 0.672. The van der Waals surface area contributed by atoms with Crippen LogP contribution in [0, 0.1) is 0 Å². The summed E-state index contributed by atoms with van der Waals surface area (Å²) in [6, 6.07) is 8.61. The summed E-state index contributed by atoms with van der Waals surface area (Å²) >= 11 is 6.14. The first-order valence-electron chi connectivity index (χ1n) is 8.20. The van der Waals surface area contributed by atoms with Gasteiger partial charge in [-0.15, -0.1) is 0 Å². The molecular formula is C18H25ClN4. The maximum absolute atomic E-state index is 6.14. The molecule has 124 valence electrons. The van der Waals surface area contributed by atoms with Crippen LogP contribution in [0.1, 0.15) is 18.4 Å². The zero-order valence-corrected chi connectivity index (χ0v) is 14.9. The predicted octanol–water partition coefficient (Wildman–Crippen LogP) is 3.27. The summed E-state index contributed by atoms with van der Waals surface area (Å²) in [6.07, 6.45) is 4.73. The van der Waals surface area contributed by atoms with Crippen LogP contribution in [-0.4, -0.2) is 52.8 Å². The third-order valence-corrected chi connectivity index (χ3v) is 4.87. The maximum atomic E-state index is 6.14. The zero-order chi connectivity index (χ0) is 16.4. The summed E-state index contributed by atoms with van der Waals surface area (Å²) in [5.41, 5.74) is 3.36. The standard InChI is InChI=1S/C18H25ClN4/c1-21(13-17-8-5-9-22(17)2)11-15-12-23(3)20-18(15)14-6-4-7-16(19)10-14/h4,6-7,10,12,17H,5,8-9,11,13H2,1-3H3. The Morgan fingerprint density at radius 3 is 2.87 bits per heavy atom. The molecule has 0 amide bonds. The molecule has 0 N–H and O–H groups in total. The largest absolute Gasteiger partial charge is 0.302 e. The number of hydrogen-bond acceptors (Lipinski definition) is 3. The van der Waals surface area contributed by atoms with E-state index in [9.17, 15) is 0 Å². The summed E-state index contributed by atoms with van der Waals surface area (Å²) in [7, 11) is 6.40. The van der Waals surface area contributed by atoms with Crippen molar-refractivity contribution in [2.75, 3.05) is 27.2 Å². The second-order valence-electron chi connectivity index (χ2n) is 6.66. The van der Waals surface area contributed by atoms with Gasteiger partial charge in [0.05, 0.1) is 5.69 Å². The molecule has 23 heavy (non-hydrogen) atoms. The second-order valence-corrected chi connectivity index (χ2v) is 7.10. The average Bonchev–Trinajstić information content (AvgIpc) is 3.05. The lowest BCUT2D eigenvalue weighted by atomic mass is 10.1. The average molecular weight is 333 g/mol. The maximum Gasteiger partial charge on any atom is 0.0968 e. The minimum absolute atomic E-state index is 0.672. The Kier molecular flexibility index (Phi) is 5.05. The summed E-state index contributed by atoms with van der Waals surface area (Å²) < 4.78 is 1.89. The first kappa shape index (κ1) is 16.5. The van der Waals surface area contributed by atoms with Crippen molar-refractivity contribution in [1.29, 1.82) is 0 Å². The highest BCUT2D eigenvalue weighted by atomic mass is 35.5. The van der Waals surface area contributed by atoms with Crippen molar-refractivity contribution in [1.82, 2.24) is 19.6 Å². The monoisotopic (exact) mass is 332 g/mol. The molecule has 1 atom stereocenters. The van der Waals surface area contributed by atoms with Crippen LogP contribution >= 0.6 is 11.6 Å². The third-order valence-electron chi connectivity index (χ3n) is 4.64. The normalized spacial score (nSPS) is 18.9. The van der Waals surface area contributed by atoms with E-state index in [4.69, 9.17) is 11.6 Å². The molecule has 4 nitrogen and oxygen atoms in total. The van der Waals surface area contributed by atoms with E-state index < -0.39 is 0 Å². The van der Waals surface area contributed by atoms with E-state index in [0.717, 1.165) is 29.4 Å². The predicted molar refractivity (Wildman–Crippen MR) is 95.6 cm³/mol. The van der Waals surface area contributed by atoms with Crippen LogP contribution in [0.2, 0.25) is 5.02 Å². The molecule has 2 aromatic rings. The Morgan fingerprint density at radius 2 is 2.17 bits per heavy atom. The Labute approximate surface area is 143 Å². The van der Waals surface area contributed by atoms with E-state index in [2.05, 4.69) is 41.3 Å². The first-order valence-corrected chi connectivity index (χ1v) is 8.58. The molecule has 1 aromatic carbocycles. The topological polar surface area (TPSA) is 24.3 Å². The van der Waals surface area contributed by atoms with Gasteiger partial charge in [-0.2, -0.15) is 5.10 Å². The molecule has 1 fully saturated rings. The molecule has 0 bridgehead atoms. The van der Waals surface area contributed by atoms with Crippen LogP contribution in [0.15, 0.2) is 30.5 Å². The van der Waals surface area contributed by atoms with Gasteiger partial charge in [-0.25, -0.2) is 0 Å². The molecule has 3 rings (SSSR count). The van der Waals surface area contributed by atoms with Crippen LogP contribution in [0.4, 0.5) is 0 Å². The number of benzene rings is 1. The van der Waals surface area contributed by atoms with Gasteiger partial charge in [0.15, 0.2) is 0 Å². The van der Waals surface area contributed by atoms with E-state index >= 15 is 0 Å². The fraction of sp³-hybridized carbons (Fsp3) is 0.500. The number of aromatic nitrogens is 2. The molecule has 5 heteroatoms. The second kappa shape index (κ2) is 7.04. The molecule has 0 radical (unpaired) electrons. The fourth-order valence-electron chi connectivity index (χ4n) is 3.46. The molecule has 0 spiro atoms. The van der Waals surface area contributed by atoms with Gasteiger partial charge in [0, 0.05) is 48.5 Å². The minimum Gasteiger partial charge on any atom is -0.302 e. The number of hydrogen-bond donors (Lipinski definition) is 0. The van der Waals surface area contributed by atoms with Crippen LogP contribution in [0.25, 0.3) is 11.3 Å². The molecule has 1 unspecified atom stereocenters. The number of likely N-dealkylation sites (N-methyl/N-ethyl adjacent to an activating group) is 2. The lowest BCUT2D eigenvalue weighted by Crippen LogP contribution is -2.36. The Balaban J connectivity index is 1.75. The van der Waals surface area contributed by atoms with E-state index in [1.165, 1.54) is 24.9 Å². The fourth-order valence-corrected chi connectivity index (χ4v) is 3.65. The Bertz CT molecular complexity index is 667. The quantitative estimate of drug-likeness (QED) is 0.840. The van der Waals surface area contributed by atoms with Crippen LogP contribution in [0.3, 0.4) is 0 Å². The van der Waals surface area contributed by atoms with Gasteiger partial charge in [0.1, 0.15) is 0 Å². The van der Waals surface area contributed by atoms with Gasteiger partial charge in [0.25, 0.3) is 0 Å². The van der Waals surface area contributed by atoms with Crippen molar-refractivity contribution in [3.63, 3.8) is 0 Å². The molecule has 1 aliphatic rings. The molecule has 1 aromatic heterocycles. The first-order chi connectivity index (χ1) is 11.0. The highest BCUT2D eigenvalue weighted by Crippen LogP contribution is 2.26. The number of halogens is 1. The van der Waals surface area contributed by atoms with Gasteiger partial charge >= 0.3 is 0 Å². The Hall–Kier alpha value is -1.36. The summed E-state index contributed by atoms with van der Waals surface area (Å²) in [5.74, 6) is 0. The smallest absolute Gasteiger partial charge is 0.0968 e. The lowest BCUT2D eigenvalue weighted by Gasteiger charge is -2.25. The molecule has 2 heterocycles. The molecule has 0 aliphatic carbocycles. The van der Waals surface area contributed by atoms with Crippen molar-refractivity contribution in [2.45, 2.75) is 25.4 Å². The number of nitrogens with zero attached hydrogens (tertiary/aromatic N) is 4. The summed E-state index contributed by atoms with van der Waals surface area (Å²) in [6.45, 7) is 3.22. The van der Waals surface area contributed by atoms with Crippen molar-refractivity contribution in [2.24, 2.45) is 7.05 Å². The van der Waals surface area contributed by atoms with Gasteiger partial charge in [0.2, 0.25) is 0 Å². The van der Waals surface area contributed by atoms with Crippen molar-refractivity contribution in [3.8, 4) is 11.3 Å². The van der Waals surface area contributed by atoms with Crippen LogP contribution < -0.4 is 0 Å². The summed E-state index contributed by atoms with van der Waals surface area (Å²) in [5, 5.41) is 5.39.